The first-order valence-corrected chi connectivity index (χ1v) is 6.83. The summed E-state index contributed by atoms with van der Waals surface area (Å²) < 4.78 is 0. The van der Waals surface area contributed by atoms with Gasteiger partial charge < -0.3 is 15.7 Å². The molecule has 0 saturated heterocycles. The molecule has 1 rings (SSSR count). The summed E-state index contributed by atoms with van der Waals surface area (Å²) in [4.78, 5) is 23.3. The van der Waals surface area contributed by atoms with Crippen molar-refractivity contribution in [2.24, 2.45) is 5.92 Å². The maximum atomic E-state index is 11.7. The molecule has 0 bridgehead atoms. The SMILES string of the molecule is CCC(CCO)CNC(=O)C(=O)Nc1ccc(C)cc1. The lowest BCUT2D eigenvalue weighted by Crippen LogP contribution is -2.38. The van der Waals surface area contributed by atoms with E-state index in [9.17, 15) is 9.59 Å². The third kappa shape index (κ3) is 5.40. The number of hydrogen-bond acceptors (Lipinski definition) is 3. The molecule has 5 nitrogen and oxygen atoms in total. The summed E-state index contributed by atoms with van der Waals surface area (Å²) in [5.74, 6) is -1.13. The normalized spacial score (nSPS) is 11.8. The predicted octanol–water partition coefficient (Wildman–Crippen LogP) is 1.46. The maximum Gasteiger partial charge on any atom is 0.313 e. The molecule has 5 heteroatoms. The number of aliphatic hydroxyl groups is 1. The maximum absolute atomic E-state index is 11.7. The first-order chi connectivity index (χ1) is 9.56. The van der Waals surface area contributed by atoms with Crippen molar-refractivity contribution in [2.75, 3.05) is 18.5 Å². The van der Waals surface area contributed by atoms with Crippen LogP contribution in [0.5, 0.6) is 0 Å². The fourth-order valence-electron chi connectivity index (χ4n) is 1.78. The van der Waals surface area contributed by atoms with E-state index < -0.39 is 11.8 Å². The highest BCUT2D eigenvalue weighted by Crippen LogP contribution is 2.08. The van der Waals surface area contributed by atoms with E-state index in [2.05, 4.69) is 10.6 Å². The van der Waals surface area contributed by atoms with E-state index in [1.54, 1.807) is 12.1 Å². The molecule has 0 saturated carbocycles. The fourth-order valence-corrected chi connectivity index (χ4v) is 1.78. The van der Waals surface area contributed by atoms with Gasteiger partial charge in [-0.15, -0.1) is 0 Å². The summed E-state index contributed by atoms with van der Waals surface area (Å²) in [6.45, 7) is 4.42. The summed E-state index contributed by atoms with van der Waals surface area (Å²) in [7, 11) is 0. The van der Waals surface area contributed by atoms with E-state index in [1.807, 2.05) is 26.0 Å². The lowest BCUT2D eigenvalue weighted by atomic mass is 10.0. The molecule has 0 heterocycles. The van der Waals surface area contributed by atoms with E-state index in [0.29, 0.717) is 18.7 Å². The van der Waals surface area contributed by atoms with Gasteiger partial charge in [-0.05, 0) is 31.4 Å². The van der Waals surface area contributed by atoms with E-state index >= 15 is 0 Å². The number of amides is 2. The van der Waals surface area contributed by atoms with Crippen molar-refractivity contribution in [3.05, 3.63) is 29.8 Å². The number of carbonyl (C=O) groups excluding carboxylic acids is 2. The Morgan fingerprint density at radius 3 is 2.40 bits per heavy atom. The molecule has 110 valence electrons. The zero-order valence-electron chi connectivity index (χ0n) is 12.0. The smallest absolute Gasteiger partial charge is 0.313 e. The summed E-state index contributed by atoms with van der Waals surface area (Å²) in [5.41, 5.74) is 1.68. The lowest BCUT2D eigenvalue weighted by molar-refractivity contribution is -0.136. The number of nitrogens with one attached hydrogen (secondary N) is 2. The van der Waals surface area contributed by atoms with Crippen LogP contribution in [0.4, 0.5) is 5.69 Å². The Morgan fingerprint density at radius 1 is 1.20 bits per heavy atom. The molecule has 2 amide bonds. The zero-order valence-corrected chi connectivity index (χ0v) is 12.0. The van der Waals surface area contributed by atoms with Gasteiger partial charge in [-0.25, -0.2) is 0 Å². The quantitative estimate of drug-likeness (QED) is 0.689. The van der Waals surface area contributed by atoms with E-state index in [0.717, 1.165) is 12.0 Å². The largest absolute Gasteiger partial charge is 0.396 e. The number of anilines is 1. The second-order valence-electron chi connectivity index (χ2n) is 4.82. The minimum absolute atomic E-state index is 0.0872. The van der Waals surface area contributed by atoms with Gasteiger partial charge in [0, 0.05) is 18.8 Å². The highest BCUT2D eigenvalue weighted by atomic mass is 16.3. The van der Waals surface area contributed by atoms with E-state index in [4.69, 9.17) is 5.11 Å². The summed E-state index contributed by atoms with van der Waals surface area (Å²) >= 11 is 0. The molecule has 0 fully saturated rings. The third-order valence-electron chi connectivity index (χ3n) is 3.18. The highest BCUT2D eigenvalue weighted by Gasteiger charge is 2.15. The van der Waals surface area contributed by atoms with Crippen LogP contribution in [0.25, 0.3) is 0 Å². The average Bonchev–Trinajstić information content (AvgIpc) is 2.45. The van der Waals surface area contributed by atoms with Crippen LogP contribution < -0.4 is 10.6 Å². The van der Waals surface area contributed by atoms with E-state index in [1.165, 1.54) is 0 Å². The first-order valence-electron chi connectivity index (χ1n) is 6.83. The number of carbonyl (C=O) groups is 2. The van der Waals surface area contributed by atoms with Gasteiger partial charge in [0.05, 0.1) is 0 Å². The van der Waals surface area contributed by atoms with Gasteiger partial charge in [-0.3, -0.25) is 9.59 Å². The molecule has 0 spiro atoms. The molecule has 0 aliphatic heterocycles. The van der Waals surface area contributed by atoms with Crippen LogP contribution in [-0.4, -0.2) is 30.1 Å². The molecule has 1 aromatic rings. The number of aliphatic hydroxyl groups excluding tert-OH is 1. The molecule has 20 heavy (non-hydrogen) atoms. The molecule has 3 N–H and O–H groups in total. The van der Waals surface area contributed by atoms with Gasteiger partial charge in [-0.1, -0.05) is 31.0 Å². The Hall–Kier alpha value is -1.88. The Bertz CT molecular complexity index is 443. The molecule has 1 unspecified atom stereocenters. The lowest BCUT2D eigenvalue weighted by Gasteiger charge is -2.14. The Balaban J connectivity index is 2.43. The molecule has 0 aliphatic carbocycles. The minimum atomic E-state index is -0.673. The number of benzene rings is 1. The molecular weight excluding hydrogens is 256 g/mol. The molecule has 0 radical (unpaired) electrons. The van der Waals surface area contributed by atoms with Gasteiger partial charge in [-0.2, -0.15) is 0 Å². The van der Waals surface area contributed by atoms with Crippen molar-refractivity contribution in [1.82, 2.24) is 5.32 Å². The molecule has 0 aliphatic rings. The standard InChI is InChI=1S/C15H22N2O3/c1-3-12(8-9-18)10-16-14(19)15(20)17-13-6-4-11(2)5-7-13/h4-7,12,18H,3,8-10H2,1-2H3,(H,16,19)(H,17,20). The van der Waals surface area contributed by atoms with Crippen molar-refractivity contribution in [3.63, 3.8) is 0 Å². The van der Waals surface area contributed by atoms with Crippen LogP contribution in [0.1, 0.15) is 25.3 Å². The fraction of sp³-hybridized carbons (Fsp3) is 0.467. The minimum Gasteiger partial charge on any atom is -0.396 e. The topological polar surface area (TPSA) is 78.4 Å². The van der Waals surface area contributed by atoms with E-state index in [-0.39, 0.29) is 12.5 Å². The molecular formula is C15H22N2O3. The first kappa shape index (κ1) is 16.2. The summed E-state index contributed by atoms with van der Waals surface area (Å²) in [5, 5.41) is 14.0. The second-order valence-corrected chi connectivity index (χ2v) is 4.82. The van der Waals surface area contributed by atoms with Crippen molar-refractivity contribution in [1.29, 1.82) is 0 Å². The van der Waals surface area contributed by atoms with Crippen molar-refractivity contribution in [2.45, 2.75) is 26.7 Å². The average molecular weight is 278 g/mol. The van der Waals surface area contributed by atoms with Gasteiger partial charge in [0.1, 0.15) is 0 Å². The molecule has 1 aromatic carbocycles. The number of hydrogen-bond donors (Lipinski definition) is 3. The highest BCUT2D eigenvalue weighted by molar-refractivity contribution is 6.39. The van der Waals surface area contributed by atoms with Gasteiger partial charge in [0.15, 0.2) is 0 Å². The molecule has 0 aromatic heterocycles. The van der Waals surface area contributed by atoms with Crippen molar-refractivity contribution >= 4 is 17.5 Å². The Kier molecular flexibility index (Phi) is 6.73. The van der Waals surface area contributed by atoms with Crippen molar-refractivity contribution < 1.29 is 14.7 Å². The summed E-state index contributed by atoms with van der Waals surface area (Å²) in [6, 6.07) is 7.23. The second kappa shape index (κ2) is 8.32. The van der Waals surface area contributed by atoms with Gasteiger partial charge in [0.25, 0.3) is 0 Å². The Labute approximate surface area is 119 Å². The Morgan fingerprint density at radius 2 is 1.85 bits per heavy atom. The molecule has 1 atom stereocenters. The van der Waals surface area contributed by atoms with Crippen LogP contribution in [0.3, 0.4) is 0 Å². The van der Waals surface area contributed by atoms with Crippen LogP contribution in [0, 0.1) is 12.8 Å². The van der Waals surface area contributed by atoms with Gasteiger partial charge >= 0.3 is 11.8 Å². The summed E-state index contributed by atoms with van der Waals surface area (Å²) in [6.07, 6.45) is 1.47. The van der Waals surface area contributed by atoms with Crippen LogP contribution in [0.15, 0.2) is 24.3 Å². The number of aryl methyl sites for hydroxylation is 1. The van der Waals surface area contributed by atoms with Crippen LogP contribution in [-0.2, 0) is 9.59 Å². The monoisotopic (exact) mass is 278 g/mol. The predicted molar refractivity (Wildman–Crippen MR) is 78.3 cm³/mol. The van der Waals surface area contributed by atoms with Gasteiger partial charge in [0.2, 0.25) is 0 Å². The van der Waals surface area contributed by atoms with Crippen molar-refractivity contribution in [3.8, 4) is 0 Å². The van der Waals surface area contributed by atoms with Crippen LogP contribution >= 0.6 is 0 Å². The number of rotatable bonds is 6. The third-order valence-corrected chi connectivity index (χ3v) is 3.18. The van der Waals surface area contributed by atoms with Crippen LogP contribution in [0.2, 0.25) is 0 Å². The zero-order chi connectivity index (χ0) is 15.0.